The summed E-state index contributed by atoms with van der Waals surface area (Å²) in [5.41, 5.74) is 9.10. The van der Waals surface area contributed by atoms with Crippen LogP contribution in [0.5, 0.6) is 0 Å². The highest BCUT2D eigenvalue weighted by molar-refractivity contribution is 7.85. The van der Waals surface area contributed by atoms with E-state index in [1.54, 1.807) is 0 Å². The van der Waals surface area contributed by atoms with E-state index in [9.17, 15) is 13.0 Å². The first-order valence-corrected chi connectivity index (χ1v) is 7.86. The van der Waals surface area contributed by atoms with Crippen molar-refractivity contribution >= 4 is 10.8 Å². The fourth-order valence-corrected chi connectivity index (χ4v) is 3.22. The average molecular weight is 309 g/mol. The molecule has 2 aromatic rings. The Kier molecular flexibility index (Phi) is 4.85. The van der Waals surface area contributed by atoms with Crippen LogP contribution in [0.15, 0.2) is 41.3 Å². The van der Waals surface area contributed by atoms with Crippen molar-refractivity contribution in [2.24, 2.45) is 5.73 Å². The van der Waals surface area contributed by atoms with E-state index in [0.29, 0.717) is 0 Å². The highest BCUT2D eigenvalue weighted by Gasteiger charge is 2.16. The molecule has 112 valence electrons. The van der Waals surface area contributed by atoms with Gasteiger partial charge in [0.05, 0.1) is 15.7 Å². The van der Waals surface area contributed by atoms with E-state index in [-0.39, 0.29) is 10.6 Å². The zero-order chi connectivity index (χ0) is 15.6. The van der Waals surface area contributed by atoms with Gasteiger partial charge in [-0.25, -0.2) is 8.78 Å². The first-order valence-electron chi connectivity index (χ1n) is 6.54. The molecule has 0 amide bonds. The van der Waals surface area contributed by atoms with Crippen molar-refractivity contribution < 1.29 is 13.0 Å². The number of rotatable bonds is 4. The molecule has 2 atom stereocenters. The van der Waals surface area contributed by atoms with Crippen LogP contribution in [0.25, 0.3) is 0 Å². The molecule has 2 rings (SSSR count). The highest BCUT2D eigenvalue weighted by Crippen LogP contribution is 2.20. The van der Waals surface area contributed by atoms with E-state index < -0.39 is 28.5 Å². The lowest BCUT2D eigenvalue weighted by Crippen LogP contribution is -2.19. The molecule has 2 N–H and O–H groups in total. The van der Waals surface area contributed by atoms with Gasteiger partial charge in [0.15, 0.2) is 0 Å². The Morgan fingerprint density at radius 3 is 2.48 bits per heavy atom. The first-order chi connectivity index (χ1) is 9.88. The fraction of sp³-hybridized carbons (Fsp3) is 0.250. The van der Waals surface area contributed by atoms with Gasteiger partial charge in [-0.05, 0) is 48.7 Å². The van der Waals surface area contributed by atoms with E-state index in [2.05, 4.69) is 0 Å². The Bertz CT molecular complexity index is 688. The van der Waals surface area contributed by atoms with Gasteiger partial charge in [0.1, 0.15) is 11.6 Å². The lowest BCUT2D eigenvalue weighted by Gasteiger charge is -2.14. The van der Waals surface area contributed by atoms with Crippen LogP contribution in [0.3, 0.4) is 0 Å². The number of aryl methyl sites for hydroxylation is 2. The quantitative estimate of drug-likeness (QED) is 0.941. The molecule has 0 saturated carbocycles. The number of benzene rings is 2. The second-order valence-corrected chi connectivity index (χ2v) is 6.50. The second-order valence-electron chi connectivity index (χ2n) is 5.04. The van der Waals surface area contributed by atoms with E-state index >= 15 is 0 Å². The monoisotopic (exact) mass is 309 g/mol. The van der Waals surface area contributed by atoms with E-state index in [0.717, 1.165) is 34.9 Å². The van der Waals surface area contributed by atoms with Gasteiger partial charge in [-0.3, -0.25) is 4.21 Å². The molecule has 0 heterocycles. The van der Waals surface area contributed by atoms with E-state index in [1.165, 1.54) is 0 Å². The Labute approximate surface area is 125 Å². The third-order valence-electron chi connectivity index (χ3n) is 3.43. The number of hydrogen-bond acceptors (Lipinski definition) is 2. The minimum Gasteiger partial charge on any atom is -0.323 e. The Balaban J connectivity index is 2.18. The van der Waals surface area contributed by atoms with Gasteiger partial charge in [-0.15, -0.1) is 0 Å². The molecule has 0 radical (unpaired) electrons. The third-order valence-corrected chi connectivity index (χ3v) is 4.89. The van der Waals surface area contributed by atoms with Crippen LogP contribution < -0.4 is 5.73 Å². The minimum absolute atomic E-state index is 0.0445. The summed E-state index contributed by atoms with van der Waals surface area (Å²) in [6.07, 6.45) is 0. The van der Waals surface area contributed by atoms with Crippen LogP contribution in [0.2, 0.25) is 0 Å². The topological polar surface area (TPSA) is 43.1 Å². The van der Waals surface area contributed by atoms with Gasteiger partial charge in [-0.1, -0.05) is 18.2 Å². The van der Waals surface area contributed by atoms with Gasteiger partial charge in [0.2, 0.25) is 0 Å². The predicted molar refractivity (Wildman–Crippen MR) is 80.5 cm³/mol. The van der Waals surface area contributed by atoms with Crippen molar-refractivity contribution in [3.8, 4) is 0 Å². The fourth-order valence-electron chi connectivity index (χ4n) is 2.00. The maximum atomic E-state index is 13.6. The van der Waals surface area contributed by atoms with Crippen molar-refractivity contribution in [3.05, 3.63) is 64.7 Å². The molecule has 0 aliphatic carbocycles. The summed E-state index contributed by atoms with van der Waals surface area (Å²) < 4.78 is 38.9. The van der Waals surface area contributed by atoms with Gasteiger partial charge < -0.3 is 5.73 Å². The Morgan fingerprint density at radius 2 is 1.81 bits per heavy atom. The molecule has 0 bridgehead atoms. The standard InChI is InChI=1S/C16H17F2NOS/c1-10-3-4-12(7-11(10)2)15(19)9-21(20)16-8-13(17)5-6-14(16)18/h3-8,15H,9,19H2,1-2H3. The summed E-state index contributed by atoms with van der Waals surface area (Å²) in [4.78, 5) is -0.144. The number of hydrogen-bond donors (Lipinski definition) is 1. The van der Waals surface area contributed by atoms with Crippen LogP contribution in [0.1, 0.15) is 22.7 Å². The molecule has 2 unspecified atom stereocenters. The molecular formula is C16H17F2NOS. The highest BCUT2D eigenvalue weighted by atomic mass is 32.2. The number of nitrogens with two attached hydrogens (primary N) is 1. The summed E-state index contributed by atoms with van der Waals surface area (Å²) >= 11 is 0. The average Bonchev–Trinajstić information content (AvgIpc) is 2.44. The molecule has 2 nitrogen and oxygen atoms in total. The molecule has 0 saturated heterocycles. The summed E-state index contributed by atoms with van der Waals surface area (Å²) in [5.74, 6) is -1.25. The summed E-state index contributed by atoms with van der Waals surface area (Å²) in [7, 11) is -1.69. The molecule has 0 spiro atoms. The zero-order valence-corrected chi connectivity index (χ0v) is 12.7. The molecule has 0 aliphatic rings. The van der Waals surface area contributed by atoms with Crippen LogP contribution >= 0.6 is 0 Å². The van der Waals surface area contributed by atoms with E-state index in [4.69, 9.17) is 5.73 Å². The third kappa shape index (κ3) is 3.74. The zero-order valence-electron chi connectivity index (χ0n) is 11.9. The first kappa shape index (κ1) is 15.8. The van der Waals surface area contributed by atoms with Gasteiger partial charge in [-0.2, -0.15) is 0 Å². The minimum atomic E-state index is -1.69. The van der Waals surface area contributed by atoms with Crippen LogP contribution in [0.4, 0.5) is 8.78 Å². The van der Waals surface area contributed by atoms with Crippen molar-refractivity contribution in [2.45, 2.75) is 24.8 Å². The summed E-state index contributed by atoms with van der Waals surface area (Å²) in [5, 5.41) is 0. The van der Waals surface area contributed by atoms with E-state index in [1.807, 2.05) is 32.0 Å². The molecule has 5 heteroatoms. The summed E-state index contributed by atoms with van der Waals surface area (Å²) in [6.45, 7) is 3.96. The van der Waals surface area contributed by atoms with Gasteiger partial charge in [0.25, 0.3) is 0 Å². The van der Waals surface area contributed by atoms with Gasteiger partial charge in [0, 0.05) is 11.8 Å². The lowest BCUT2D eigenvalue weighted by atomic mass is 10.0. The van der Waals surface area contributed by atoms with Crippen LogP contribution in [-0.4, -0.2) is 9.96 Å². The normalized spacial score (nSPS) is 14.0. The van der Waals surface area contributed by atoms with Gasteiger partial charge >= 0.3 is 0 Å². The van der Waals surface area contributed by atoms with Crippen LogP contribution in [-0.2, 0) is 10.8 Å². The Hall–Kier alpha value is -1.59. The summed E-state index contributed by atoms with van der Waals surface area (Å²) in [6, 6.07) is 8.18. The molecular weight excluding hydrogens is 292 g/mol. The van der Waals surface area contributed by atoms with Crippen molar-refractivity contribution in [2.75, 3.05) is 5.75 Å². The molecule has 0 aliphatic heterocycles. The van der Waals surface area contributed by atoms with Crippen molar-refractivity contribution in [1.82, 2.24) is 0 Å². The number of halogens is 2. The second kappa shape index (κ2) is 6.45. The molecule has 21 heavy (non-hydrogen) atoms. The molecule has 0 fully saturated rings. The molecule has 0 aromatic heterocycles. The smallest absolute Gasteiger partial charge is 0.139 e. The molecule has 2 aromatic carbocycles. The maximum absolute atomic E-state index is 13.6. The SMILES string of the molecule is Cc1ccc(C(N)CS(=O)c2cc(F)ccc2F)cc1C. The predicted octanol–water partition coefficient (Wildman–Crippen LogP) is 3.39. The van der Waals surface area contributed by atoms with Crippen molar-refractivity contribution in [3.63, 3.8) is 0 Å². The van der Waals surface area contributed by atoms with Crippen LogP contribution in [0, 0.1) is 25.5 Å². The maximum Gasteiger partial charge on any atom is 0.139 e. The van der Waals surface area contributed by atoms with Crippen molar-refractivity contribution in [1.29, 1.82) is 0 Å². The lowest BCUT2D eigenvalue weighted by molar-refractivity contribution is 0.571. The largest absolute Gasteiger partial charge is 0.323 e. The Morgan fingerprint density at radius 1 is 1.10 bits per heavy atom.